The summed E-state index contributed by atoms with van der Waals surface area (Å²) in [7, 11) is 0. The zero-order chi connectivity index (χ0) is 16.9. The minimum absolute atomic E-state index is 0.0347. The van der Waals surface area contributed by atoms with Gasteiger partial charge in [0.25, 0.3) is 0 Å². The average molecular weight is 345 g/mol. The Hall–Kier alpha value is -1.89. The molecule has 1 heterocycles. The summed E-state index contributed by atoms with van der Waals surface area (Å²) in [5, 5.41) is 15.5. The van der Waals surface area contributed by atoms with Crippen molar-refractivity contribution in [3.8, 4) is 0 Å². The molecule has 0 radical (unpaired) electrons. The molecule has 0 saturated heterocycles. The van der Waals surface area contributed by atoms with Gasteiger partial charge >= 0.3 is 0 Å². The molecule has 1 amide bonds. The van der Waals surface area contributed by atoms with Crippen LogP contribution in [0.25, 0.3) is 0 Å². The van der Waals surface area contributed by atoms with Crippen molar-refractivity contribution in [2.24, 2.45) is 0 Å². The van der Waals surface area contributed by atoms with Gasteiger partial charge < -0.3 is 5.32 Å². The quantitative estimate of drug-likeness (QED) is 0.838. The van der Waals surface area contributed by atoms with Gasteiger partial charge in [-0.3, -0.25) is 4.79 Å². The molecule has 1 atom stereocenters. The van der Waals surface area contributed by atoms with Crippen molar-refractivity contribution >= 4 is 23.4 Å². The van der Waals surface area contributed by atoms with Gasteiger partial charge in [-0.25, -0.2) is 4.68 Å². The summed E-state index contributed by atoms with van der Waals surface area (Å²) in [6, 6.07) is 8.14. The number of aromatic nitrogens is 4. The van der Waals surface area contributed by atoms with Crippen LogP contribution < -0.4 is 5.32 Å². The highest BCUT2D eigenvalue weighted by Gasteiger charge is 2.24. The molecule has 1 aromatic carbocycles. The van der Waals surface area contributed by atoms with E-state index in [-0.39, 0.29) is 11.2 Å². The molecule has 1 unspecified atom stereocenters. The van der Waals surface area contributed by atoms with Crippen LogP contribution in [0.15, 0.2) is 29.4 Å². The van der Waals surface area contributed by atoms with Crippen molar-refractivity contribution in [1.82, 2.24) is 20.2 Å². The van der Waals surface area contributed by atoms with E-state index in [1.54, 1.807) is 0 Å². The third-order valence-corrected chi connectivity index (χ3v) is 5.48. The minimum atomic E-state index is -0.266. The number of rotatable bonds is 5. The fourth-order valence-electron chi connectivity index (χ4n) is 2.98. The van der Waals surface area contributed by atoms with E-state index in [4.69, 9.17) is 0 Å². The van der Waals surface area contributed by atoms with Crippen LogP contribution in [-0.2, 0) is 4.79 Å². The lowest BCUT2D eigenvalue weighted by atomic mass is 9.96. The molecule has 24 heavy (non-hydrogen) atoms. The van der Waals surface area contributed by atoms with Crippen LogP contribution in [0, 0.1) is 6.92 Å². The molecule has 128 valence electrons. The van der Waals surface area contributed by atoms with Crippen LogP contribution in [0.4, 0.5) is 5.69 Å². The number of para-hydroxylation sites is 1. The molecule has 0 spiro atoms. The first kappa shape index (κ1) is 17.0. The van der Waals surface area contributed by atoms with E-state index in [1.807, 2.05) is 42.8 Å². The van der Waals surface area contributed by atoms with Crippen molar-refractivity contribution in [2.75, 3.05) is 5.32 Å². The zero-order valence-electron chi connectivity index (χ0n) is 14.1. The number of carbonyl (C=O) groups excluding carboxylic acids is 1. The number of nitrogens with one attached hydrogen (secondary N) is 1. The Morgan fingerprint density at radius 1 is 1.29 bits per heavy atom. The van der Waals surface area contributed by atoms with Crippen molar-refractivity contribution in [3.63, 3.8) is 0 Å². The van der Waals surface area contributed by atoms with Gasteiger partial charge in [-0.2, -0.15) is 0 Å². The van der Waals surface area contributed by atoms with Gasteiger partial charge in [0.1, 0.15) is 0 Å². The number of amides is 1. The maximum Gasteiger partial charge on any atom is 0.237 e. The molecule has 1 fully saturated rings. The first-order valence-electron chi connectivity index (χ1n) is 8.46. The van der Waals surface area contributed by atoms with Crippen molar-refractivity contribution in [1.29, 1.82) is 0 Å². The van der Waals surface area contributed by atoms with Crippen LogP contribution in [0.5, 0.6) is 0 Å². The molecular weight excluding hydrogens is 322 g/mol. The number of anilines is 1. The Bertz CT molecular complexity index is 696. The highest BCUT2D eigenvalue weighted by molar-refractivity contribution is 8.00. The van der Waals surface area contributed by atoms with E-state index < -0.39 is 0 Å². The Kier molecular flexibility index (Phi) is 5.50. The maximum absolute atomic E-state index is 12.5. The van der Waals surface area contributed by atoms with Gasteiger partial charge in [0, 0.05) is 5.69 Å². The van der Waals surface area contributed by atoms with E-state index in [0.29, 0.717) is 6.04 Å². The second kappa shape index (κ2) is 7.79. The van der Waals surface area contributed by atoms with Gasteiger partial charge in [-0.05, 0) is 48.7 Å². The van der Waals surface area contributed by atoms with Gasteiger partial charge in [0.2, 0.25) is 11.1 Å². The van der Waals surface area contributed by atoms with Crippen LogP contribution >= 0.6 is 11.8 Å². The molecule has 0 aliphatic heterocycles. The summed E-state index contributed by atoms with van der Waals surface area (Å²) in [5.41, 5.74) is 1.90. The summed E-state index contributed by atoms with van der Waals surface area (Å²) in [6.45, 7) is 3.87. The van der Waals surface area contributed by atoms with E-state index in [1.165, 1.54) is 31.0 Å². The van der Waals surface area contributed by atoms with Crippen LogP contribution in [0.2, 0.25) is 0 Å². The minimum Gasteiger partial charge on any atom is -0.325 e. The predicted molar refractivity (Wildman–Crippen MR) is 95.1 cm³/mol. The van der Waals surface area contributed by atoms with E-state index in [9.17, 15) is 4.79 Å². The Morgan fingerprint density at radius 3 is 2.79 bits per heavy atom. The third kappa shape index (κ3) is 3.95. The number of tetrazole rings is 1. The largest absolute Gasteiger partial charge is 0.325 e. The van der Waals surface area contributed by atoms with Crippen LogP contribution in [-0.4, -0.2) is 31.4 Å². The van der Waals surface area contributed by atoms with E-state index >= 15 is 0 Å². The SMILES string of the molecule is Cc1ccccc1NC(=O)C(C)Sc1nnnn1C1CCCCC1. The number of aryl methyl sites for hydroxylation is 1. The van der Waals surface area contributed by atoms with Crippen molar-refractivity contribution < 1.29 is 4.79 Å². The normalized spacial score (nSPS) is 16.8. The molecule has 6 nitrogen and oxygen atoms in total. The van der Waals surface area contributed by atoms with Crippen LogP contribution in [0.3, 0.4) is 0 Å². The number of hydrogen-bond donors (Lipinski definition) is 1. The number of benzene rings is 1. The number of thioether (sulfide) groups is 1. The van der Waals surface area contributed by atoms with Gasteiger partial charge in [-0.15, -0.1) is 5.10 Å². The summed E-state index contributed by atoms with van der Waals surface area (Å²) in [5.74, 6) is -0.0347. The molecule has 1 aliphatic rings. The molecule has 2 aromatic rings. The Balaban J connectivity index is 1.64. The first-order valence-corrected chi connectivity index (χ1v) is 9.34. The third-order valence-electron chi connectivity index (χ3n) is 4.44. The van der Waals surface area contributed by atoms with E-state index in [0.717, 1.165) is 29.2 Å². The lowest BCUT2D eigenvalue weighted by molar-refractivity contribution is -0.115. The molecule has 1 aromatic heterocycles. The first-order chi connectivity index (χ1) is 11.6. The van der Waals surface area contributed by atoms with Crippen LogP contribution in [0.1, 0.15) is 50.6 Å². The summed E-state index contributed by atoms with van der Waals surface area (Å²) < 4.78 is 1.90. The Labute approximate surface area is 146 Å². The topological polar surface area (TPSA) is 72.7 Å². The lowest BCUT2D eigenvalue weighted by Crippen LogP contribution is -2.24. The molecule has 7 heteroatoms. The maximum atomic E-state index is 12.5. The summed E-state index contributed by atoms with van der Waals surface area (Å²) in [6.07, 6.45) is 5.96. The molecule has 1 aliphatic carbocycles. The second-order valence-electron chi connectivity index (χ2n) is 6.26. The van der Waals surface area contributed by atoms with Gasteiger partial charge in [-0.1, -0.05) is 49.2 Å². The second-order valence-corrected chi connectivity index (χ2v) is 7.57. The predicted octanol–water partition coefficient (Wildman–Crippen LogP) is 3.61. The summed E-state index contributed by atoms with van der Waals surface area (Å²) >= 11 is 1.42. The molecular formula is C17H23N5OS. The molecule has 1 N–H and O–H groups in total. The highest BCUT2D eigenvalue weighted by atomic mass is 32.2. The highest BCUT2D eigenvalue weighted by Crippen LogP contribution is 2.31. The molecule has 3 rings (SSSR count). The lowest BCUT2D eigenvalue weighted by Gasteiger charge is -2.22. The standard InChI is InChI=1S/C17H23N5OS/c1-12-8-6-7-11-15(12)18-16(23)13(2)24-17-19-20-21-22(17)14-9-4-3-5-10-14/h6-8,11,13-14H,3-5,9-10H2,1-2H3,(H,18,23). The number of carbonyl (C=O) groups is 1. The number of nitrogens with zero attached hydrogens (tertiary/aromatic N) is 4. The summed E-state index contributed by atoms with van der Waals surface area (Å²) in [4.78, 5) is 12.5. The fraction of sp³-hybridized carbons (Fsp3) is 0.529. The molecule has 1 saturated carbocycles. The fourth-order valence-corrected chi connectivity index (χ4v) is 3.84. The van der Waals surface area contributed by atoms with Crippen molar-refractivity contribution in [3.05, 3.63) is 29.8 Å². The van der Waals surface area contributed by atoms with Crippen molar-refractivity contribution in [2.45, 2.75) is 62.4 Å². The average Bonchev–Trinajstić information content (AvgIpc) is 3.05. The van der Waals surface area contributed by atoms with E-state index in [2.05, 4.69) is 20.8 Å². The smallest absolute Gasteiger partial charge is 0.237 e. The monoisotopic (exact) mass is 345 g/mol. The zero-order valence-corrected chi connectivity index (χ0v) is 14.9. The van der Waals surface area contributed by atoms with Gasteiger partial charge in [0.05, 0.1) is 11.3 Å². The number of hydrogen-bond acceptors (Lipinski definition) is 5. The Morgan fingerprint density at radius 2 is 2.04 bits per heavy atom. The molecule has 0 bridgehead atoms. The van der Waals surface area contributed by atoms with Gasteiger partial charge in [0.15, 0.2) is 0 Å².